The van der Waals surface area contributed by atoms with Gasteiger partial charge in [0.05, 0.1) is 12.3 Å². The summed E-state index contributed by atoms with van der Waals surface area (Å²) < 4.78 is 5.98. The summed E-state index contributed by atoms with van der Waals surface area (Å²) in [7, 11) is 0. The van der Waals surface area contributed by atoms with Crippen molar-refractivity contribution < 1.29 is 9.53 Å². The molecule has 1 aliphatic heterocycles. The second kappa shape index (κ2) is 6.62. The molecule has 0 aromatic heterocycles. The fourth-order valence-corrected chi connectivity index (χ4v) is 3.37. The van der Waals surface area contributed by atoms with Crippen LogP contribution in [0.3, 0.4) is 0 Å². The number of allylic oxidation sites excluding steroid dienone is 1. The maximum atomic E-state index is 12.5. The number of ether oxygens (including phenoxy) is 1. The molecule has 1 amide bonds. The molecular formula is C16H19NO2S2. The van der Waals surface area contributed by atoms with Crippen LogP contribution in [-0.2, 0) is 9.53 Å². The highest BCUT2D eigenvalue weighted by molar-refractivity contribution is 8.27. The van der Waals surface area contributed by atoms with E-state index < -0.39 is 0 Å². The van der Waals surface area contributed by atoms with Crippen LogP contribution >= 0.6 is 24.0 Å². The number of carbonyl (C=O) groups is 1. The molecule has 112 valence electrons. The van der Waals surface area contributed by atoms with Crippen LogP contribution in [0.5, 0.6) is 0 Å². The fraction of sp³-hybridized carbons (Fsp3) is 0.375. The number of hydrogen-bond donors (Lipinski definition) is 0. The summed E-state index contributed by atoms with van der Waals surface area (Å²) in [6.45, 7) is 8.52. The number of carbonyl (C=O) groups excluding carboxylic acids is 1. The molecule has 1 aliphatic rings. The van der Waals surface area contributed by atoms with E-state index in [0.29, 0.717) is 27.5 Å². The van der Waals surface area contributed by atoms with E-state index in [4.69, 9.17) is 17.0 Å². The molecule has 0 atom stereocenters. The van der Waals surface area contributed by atoms with Crippen molar-refractivity contribution in [2.45, 2.75) is 33.6 Å². The van der Waals surface area contributed by atoms with Gasteiger partial charge >= 0.3 is 0 Å². The van der Waals surface area contributed by atoms with Crippen LogP contribution < -0.4 is 4.90 Å². The first-order chi connectivity index (χ1) is 9.95. The Kier molecular flexibility index (Phi) is 5.06. The van der Waals surface area contributed by atoms with E-state index in [9.17, 15) is 4.79 Å². The Morgan fingerprint density at radius 2 is 1.95 bits per heavy atom. The molecule has 1 saturated heterocycles. The van der Waals surface area contributed by atoms with Crippen LogP contribution in [0.1, 0.15) is 39.2 Å². The number of amides is 1. The molecule has 0 bridgehead atoms. The molecule has 0 radical (unpaired) electrons. The molecule has 3 nitrogen and oxygen atoms in total. The van der Waals surface area contributed by atoms with Crippen LogP contribution in [0.15, 0.2) is 34.9 Å². The Labute approximate surface area is 135 Å². The lowest BCUT2D eigenvalue weighted by atomic mass is 10.0. The van der Waals surface area contributed by atoms with Gasteiger partial charge in [0.2, 0.25) is 0 Å². The van der Waals surface area contributed by atoms with Crippen molar-refractivity contribution in [3.05, 3.63) is 40.5 Å². The van der Waals surface area contributed by atoms with Gasteiger partial charge in [0.15, 0.2) is 4.32 Å². The molecule has 1 aromatic rings. The van der Waals surface area contributed by atoms with Gasteiger partial charge in [-0.25, -0.2) is 0 Å². The van der Waals surface area contributed by atoms with Crippen LogP contribution in [0.2, 0.25) is 0 Å². The SMILES string of the molecule is CCO/C(C)=C1\SC(=S)N(c2ccc(C(C)C)cc2)C1=O. The minimum absolute atomic E-state index is 0.103. The van der Waals surface area contributed by atoms with Crippen molar-refractivity contribution >= 4 is 39.9 Å². The molecule has 0 spiro atoms. The summed E-state index contributed by atoms with van der Waals surface area (Å²) in [5, 5.41) is 0. The Morgan fingerprint density at radius 1 is 1.33 bits per heavy atom. The monoisotopic (exact) mass is 321 g/mol. The topological polar surface area (TPSA) is 29.5 Å². The van der Waals surface area contributed by atoms with Gasteiger partial charge in [-0.1, -0.05) is 50.0 Å². The Hall–Kier alpha value is -1.33. The second-order valence-corrected chi connectivity index (χ2v) is 6.72. The lowest BCUT2D eigenvalue weighted by Gasteiger charge is -2.16. The molecule has 1 heterocycles. The highest BCUT2D eigenvalue weighted by atomic mass is 32.2. The third-order valence-electron chi connectivity index (χ3n) is 3.27. The zero-order chi connectivity index (χ0) is 15.6. The quantitative estimate of drug-likeness (QED) is 0.466. The van der Waals surface area contributed by atoms with Gasteiger partial charge in [0.25, 0.3) is 5.91 Å². The molecule has 1 aromatic carbocycles. The summed E-state index contributed by atoms with van der Waals surface area (Å²) in [6.07, 6.45) is 0. The smallest absolute Gasteiger partial charge is 0.274 e. The number of hydrogen-bond acceptors (Lipinski definition) is 4. The van der Waals surface area contributed by atoms with E-state index in [1.807, 2.05) is 31.2 Å². The van der Waals surface area contributed by atoms with E-state index >= 15 is 0 Å². The first-order valence-electron chi connectivity index (χ1n) is 6.95. The van der Waals surface area contributed by atoms with Crippen LogP contribution in [0.25, 0.3) is 0 Å². The summed E-state index contributed by atoms with van der Waals surface area (Å²) in [6, 6.07) is 7.97. The number of benzene rings is 1. The van der Waals surface area contributed by atoms with Gasteiger partial charge in [-0.3, -0.25) is 9.69 Å². The summed E-state index contributed by atoms with van der Waals surface area (Å²) in [5.74, 6) is 0.995. The van der Waals surface area contributed by atoms with E-state index in [0.717, 1.165) is 5.69 Å². The number of thiocarbonyl (C=S) groups is 1. The molecule has 21 heavy (non-hydrogen) atoms. The first-order valence-corrected chi connectivity index (χ1v) is 8.18. The standard InChI is InChI=1S/C16H19NO2S2/c1-5-19-11(4)14-15(18)17(16(20)21-14)13-8-6-12(7-9-13)10(2)3/h6-10H,5H2,1-4H3/b14-11-. The van der Waals surface area contributed by atoms with E-state index in [1.54, 1.807) is 11.8 Å². The zero-order valence-electron chi connectivity index (χ0n) is 12.7. The zero-order valence-corrected chi connectivity index (χ0v) is 14.3. The maximum absolute atomic E-state index is 12.5. The van der Waals surface area contributed by atoms with Crippen molar-refractivity contribution in [2.24, 2.45) is 0 Å². The predicted octanol–water partition coefficient (Wildman–Crippen LogP) is 4.44. The number of rotatable bonds is 4. The lowest BCUT2D eigenvalue weighted by molar-refractivity contribution is -0.113. The van der Waals surface area contributed by atoms with Gasteiger partial charge in [0, 0.05) is 0 Å². The molecule has 0 saturated carbocycles. The largest absolute Gasteiger partial charge is 0.497 e. The first kappa shape index (κ1) is 16.0. The molecule has 1 fully saturated rings. The molecule has 2 rings (SSSR count). The second-order valence-electron chi connectivity index (χ2n) is 5.07. The molecule has 0 aliphatic carbocycles. The van der Waals surface area contributed by atoms with Crippen molar-refractivity contribution in [2.75, 3.05) is 11.5 Å². The maximum Gasteiger partial charge on any atom is 0.274 e. The van der Waals surface area contributed by atoms with Gasteiger partial charge in [-0.15, -0.1) is 0 Å². The van der Waals surface area contributed by atoms with Gasteiger partial charge in [-0.2, -0.15) is 0 Å². The van der Waals surface area contributed by atoms with E-state index in [-0.39, 0.29) is 5.91 Å². The van der Waals surface area contributed by atoms with E-state index in [1.165, 1.54) is 17.3 Å². The van der Waals surface area contributed by atoms with Gasteiger partial charge in [-0.05, 0) is 37.5 Å². The summed E-state index contributed by atoms with van der Waals surface area (Å²) in [5.41, 5.74) is 2.05. The number of nitrogens with zero attached hydrogens (tertiary/aromatic N) is 1. The summed E-state index contributed by atoms with van der Waals surface area (Å²) >= 11 is 6.64. The average Bonchev–Trinajstić information content (AvgIpc) is 2.74. The Morgan fingerprint density at radius 3 is 2.48 bits per heavy atom. The van der Waals surface area contributed by atoms with Crippen molar-refractivity contribution in [3.63, 3.8) is 0 Å². The predicted molar refractivity (Wildman–Crippen MR) is 92.5 cm³/mol. The van der Waals surface area contributed by atoms with Crippen molar-refractivity contribution in [3.8, 4) is 0 Å². The minimum Gasteiger partial charge on any atom is -0.497 e. The molecule has 0 unspecified atom stereocenters. The van der Waals surface area contributed by atoms with Crippen LogP contribution in [-0.4, -0.2) is 16.8 Å². The minimum atomic E-state index is -0.103. The van der Waals surface area contributed by atoms with Crippen LogP contribution in [0.4, 0.5) is 5.69 Å². The Balaban J connectivity index is 2.30. The van der Waals surface area contributed by atoms with Crippen LogP contribution in [0, 0.1) is 0 Å². The number of thioether (sulfide) groups is 1. The van der Waals surface area contributed by atoms with Gasteiger partial charge in [0.1, 0.15) is 10.7 Å². The highest BCUT2D eigenvalue weighted by Gasteiger charge is 2.35. The molecule has 5 heteroatoms. The number of anilines is 1. The third-order valence-corrected chi connectivity index (χ3v) is 4.72. The highest BCUT2D eigenvalue weighted by Crippen LogP contribution is 2.37. The summed E-state index contributed by atoms with van der Waals surface area (Å²) in [4.78, 5) is 14.7. The van der Waals surface area contributed by atoms with E-state index in [2.05, 4.69) is 13.8 Å². The molecule has 0 N–H and O–H groups in total. The van der Waals surface area contributed by atoms with Crippen molar-refractivity contribution in [1.29, 1.82) is 0 Å². The average molecular weight is 321 g/mol. The van der Waals surface area contributed by atoms with Crippen molar-refractivity contribution in [1.82, 2.24) is 0 Å². The molecular weight excluding hydrogens is 302 g/mol. The van der Waals surface area contributed by atoms with Gasteiger partial charge < -0.3 is 4.74 Å². The lowest BCUT2D eigenvalue weighted by Crippen LogP contribution is -2.27. The normalized spacial score (nSPS) is 17.7. The Bertz CT molecular complexity index is 591. The fourth-order valence-electron chi connectivity index (χ4n) is 2.10. The third kappa shape index (κ3) is 3.30.